The molecular formula is C4H9As. The van der Waals surface area contributed by atoms with Crippen LogP contribution >= 0.6 is 0 Å². The van der Waals surface area contributed by atoms with Crippen LogP contribution in [0.4, 0.5) is 0 Å². The Balaban J connectivity index is 2.08. The Bertz CT molecular complexity index is 30.6. The van der Waals surface area contributed by atoms with Crippen molar-refractivity contribution in [2.24, 2.45) is 0 Å². The van der Waals surface area contributed by atoms with Crippen molar-refractivity contribution in [1.82, 2.24) is 0 Å². The van der Waals surface area contributed by atoms with Crippen molar-refractivity contribution in [3.63, 3.8) is 0 Å². The van der Waals surface area contributed by atoms with Gasteiger partial charge in [-0.15, -0.1) is 0 Å². The minimum absolute atomic E-state index is 1.13. The molecule has 0 nitrogen and oxygen atoms in total. The zero-order valence-corrected chi connectivity index (χ0v) is 5.70. The first kappa shape index (κ1) is 3.74. The van der Waals surface area contributed by atoms with Crippen LogP contribution in [0.5, 0.6) is 0 Å². The van der Waals surface area contributed by atoms with E-state index in [2.05, 4.69) is 0 Å². The first-order valence-corrected chi connectivity index (χ1v) is 3.55. The second kappa shape index (κ2) is 1.34. The van der Waals surface area contributed by atoms with Gasteiger partial charge in [-0.2, -0.15) is 0 Å². The minimum atomic E-state index is 1.13. The molecular weight excluding hydrogens is 123 g/mol. The van der Waals surface area contributed by atoms with E-state index in [0.29, 0.717) is 0 Å². The summed E-state index contributed by atoms with van der Waals surface area (Å²) in [5.41, 5.74) is 0. The molecule has 0 amide bonds. The van der Waals surface area contributed by atoms with Gasteiger partial charge < -0.3 is 0 Å². The summed E-state index contributed by atoms with van der Waals surface area (Å²) < 4.78 is 1.13. The Labute approximate surface area is 41.4 Å². The average Bonchev–Trinajstić information content (AvgIpc) is 1.30. The van der Waals surface area contributed by atoms with Crippen LogP contribution in [-0.2, 0) is 0 Å². The van der Waals surface area contributed by atoms with Gasteiger partial charge in [0, 0.05) is 0 Å². The zero-order chi connectivity index (χ0) is 3.70. The summed E-state index contributed by atoms with van der Waals surface area (Å²) in [6.07, 6.45) is 4.53. The summed E-state index contributed by atoms with van der Waals surface area (Å²) in [6.45, 7) is 0. The van der Waals surface area contributed by atoms with Gasteiger partial charge in [0.05, 0.1) is 0 Å². The molecule has 1 atom stereocenters. The van der Waals surface area contributed by atoms with E-state index < -0.39 is 0 Å². The monoisotopic (exact) mass is 132 g/mol. The Morgan fingerprint density at radius 1 is 1.40 bits per heavy atom. The first-order valence-electron chi connectivity index (χ1n) is 2.15. The first-order chi connectivity index (χ1) is 2.39. The van der Waals surface area contributed by atoms with Crippen LogP contribution in [0, 0.1) is 0 Å². The second-order valence-corrected chi connectivity index (χ2v) is 3.67. The molecule has 0 spiro atoms. The van der Waals surface area contributed by atoms with Crippen LogP contribution in [0.3, 0.4) is 0 Å². The fourth-order valence-electron chi connectivity index (χ4n) is 0.440. The molecule has 0 bridgehead atoms. The van der Waals surface area contributed by atoms with Crippen LogP contribution in [-0.4, -0.2) is 16.9 Å². The van der Waals surface area contributed by atoms with Gasteiger partial charge in [0.15, 0.2) is 0 Å². The van der Waals surface area contributed by atoms with Gasteiger partial charge in [0.2, 0.25) is 0 Å². The summed E-state index contributed by atoms with van der Waals surface area (Å²) in [4.78, 5) is 0. The van der Waals surface area contributed by atoms with Crippen LogP contribution in [0.25, 0.3) is 0 Å². The molecule has 0 radical (unpaired) electrons. The van der Waals surface area contributed by atoms with Crippen molar-refractivity contribution in [3.8, 4) is 0 Å². The zero-order valence-electron chi connectivity index (χ0n) is 3.28. The maximum atomic E-state index is 1.93. The molecule has 1 unspecified atom stereocenters. The topological polar surface area (TPSA) is 0 Å². The van der Waals surface area contributed by atoms with Crippen LogP contribution < -0.4 is 0 Å². The number of hydrogen-bond donors (Lipinski definition) is 0. The van der Waals surface area contributed by atoms with Gasteiger partial charge in [0.25, 0.3) is 0 Å². The molecule has 1 rings (SSSR count). The van der Waals surface area contributed by atoms with Gasteiger partial charge in [-0.3, -0.25) is 0 Å². The Morgan fingerprint density at radius 3 is 1.80 bits per heavy atom. The fourth-order valence-corrected chi connectivity index (χ4v) is 1.43. The molecule has 5 heavy (non-hydrogen) atoms. The molecule has 0 aromatic heterocycles. The van der Waals surface area contributed by atoms with Crippen molar-refractivity contribution in [1.29, 1.82) is 0 Å². The molecule has 0 N–H and O–H groups in total. The Hall–Kier alpha value is 0.558. The van der Waals surface area contributed by atoms with Gasteiger partial charge in [-0.05, 0) is 0 Å². The fraction of sp³-hybridized carbons (Fsp3) is 1.00. The third-order valence-corrected chi connectivity index (χ3v) is 2.55. The number of hydrogen-bond acceptors (Lipinski definition) is 0. The van der Waals surface area contributed by atoms with E-state index in [1.807, 2.05) is 16.9 Å². The van der Waals surface area contributed by atoms with Gasteiger partial charge in [-0.1, -0.05) is 0 Å². The molecule has 0 aromatic rings. The molecule has 30 valence electrons. The summed E-state index contributed by atoms with van der Waals surface area (Å²) >= 11 is 1.93. The summed E-state index contributed by atoms with van der Waals surface area (Å²) in [7, 11) is 0. The predicted octanol–water partition coefficient (Wildman–Crippen LogP) is 0.592. The molecule has 0 saturated heterocycles. The summed E-state index contributed by atoms with van der Waals surface area (Å²) in [6, 6.07) is 0. The molecule has 1 saturated carbocycles. The van der Waals surface area contributed by atoms with Crippen molar-refractivity contribution in [2.45, 2.75) is 24.0 Å². The average molecular weight is 132 g/mol. The van der Waals surface area contributed by atoms with E-state index in [9.17, 15) is 0 Å². The summed E-state index contributed by atoms with van der Waals surface area (Å²) in [5, 5.41) is 0. The van der Waals surface area contributed by atoms with Crippen LogP contribution in [0.15, 0.2) is 0 Å². The third-order valence-electron chi connectivity index (χ3n) is 1.15. The van der Waals surface area contributed by atoms with Crippen molar-refractivity contribution >= 4 is 16.9 Å². The third kappa shape index (κ3) is 0.694. The summed E-state index contributed by atoms with van der Waals surface area (Å²) in [5.74, 6) is 0. The normalized spacial score (nSPS) is 25.8. The van der Waals surface area contributed by atoms with E-state index in [1.54, 1.807) is 0 Å². The molecule has 1 aliphatic carbocycles. The Morgan fingerprint density at radius 2 is 1.80 bits per heavy atom. The Kier molecular flexibility index (Phi) is 1.00. The molecule has 0 aliphatic heterocycles. The van der Waals surface area contributed by atoms with Crippen molar-refractivity contribution in [2.75, 3.05) is 0 Å². The van der Waals surface area contributed by atoms with E-state index in [1.165, 1.54) is 19.3 Å². The van der Waals surface area contributed by atoms with Gasteiger partial charge in [-0.25, -0.2) is 0 Å². The van der Waals surface area contributed by atoms with E-state index in [0.717, 1.165) is 4.71 Å². The van der Waals surface area contributed by atoms with Crippen LogP contribution in [0.2, 0.25) is 4.71 Å². The number of rotatable bonds is 0. The SMILES string of the molecule is [AsH2]C1CCC1. The molecule has 1 heteroatoms. The van der Waals surface area contributed by atoms with E-state index in [-0.39, 0.29) is 0 Å². The maximum absolute atomic E-state index is 1.93. The van der Waals surface area contributed by atoms with Gasteiger partial charge in [0.1, 0.15) is 0 Å². The van der Waals surface area contributed by atoms with Crippen LogP contribution in [0.1, 0.15) is 19.3 Å². The van der Waals surface area contributed by atoms with E-state index in [4.69, 9.17) is 0 Å². The van der Waals surface area contributed by atoms with Gasteiger partial charge >= 0.3 is 40.8 Å². The molecule has 1 fully saturated rings. The van der Waals surface area contributed by atoms with Crippen molar-refractivity contribution < 1.29 is 0 Å². The second-order valence-electron chi connectivity index (χ2n) is 1.69. The van der Waals surface area contributed by atoms with E-state index >= 15 is 0 Å². The molecule has 0 aromatic carbocycles. The van der Waals surface area contributed by atoms with Crippen molar-refractivity contribution in [3.05, 3.63) is 0 Å². The standard InChI is InChI=1S/C4H9As/c5-4-2-1-3-4/h4H,1-3,5H2. The quantitative estimate of drug-likeness (QED) is 0.423. The molecule has 0 heterocycles. The molecule has 1 aliphatic rings. The predicted molar refractivity (Wildman–Crippen MR) is 26.1 cm³/mol.